The van der Waals surface area contributed by atoms with Gasteiger partial charge in [-0.1, -0.05) is 30.1 Å². The van der Waals surface area contributed by atoms with Gasteiger partial charge in [0.25, 0.3) is 5.89 Å². The maximum Gasteiger partial charge on any atom is 0.264 e. The summed E-state index contributed by atoms with van der Waals surface area (Å²) in [6.45, 7) is 0.198. The van der Waals surface area contributed by atoms with Crippen molar-refractivity contribution >= 4 is 0 Å². The second-order valence-electron chi connectivity index (χ2n) is 5.31. The lowest BCUT2D eigenvalue weighted by Crippen LogP contribution is -2.34. The molecule has 0 saturated heterocycles. The molecule has 0 amide bonds. The minimum Gasteiger partial charge on any atom is -0.493 e. The van der Waals surface area contributed by atoms with Crippen molar-refractivity contribution in [2.24, 2.45) is 5.73 Å². The summed E-state index contributed by atoms with van der Waals surface area (Å²) < 4.78 is 16.1. The number of ether oxygens (including phenoxy) is 2. The van der Waals surface area contributed by atoms with Crippen molar-refractivity contribution in [3.63, 3.8) is 0 Å². The second kappa shape index (κ2) is 5.73. The van der Waals surface area contributed by atoms with Crippen molar-refractivity contribution in [2.45, 2.75) is 37.8 Å². The van der Waals surface area contributed by atoms with Gasteiger partial charge in [-0.15, -0.1) is 0 Å². The van der Waals surface area contributed by atoms with E-state index in [0.717, 1.165) is 25.7 Å². The summed E-state index contributed by atoms with van der Waals surface area (Å²) in [7, 11) is 1.60. The van der Waals surface area contributed by atoms with Gasteiger partial charge < -0.3 is 19.7 Å². The molecule has 0 atom stereocenters. The minimum absolute atomic E-state index is 0.198. The number of para-hydroxylation sites is 2. The van der Waals surface area contributed by atoms with E-state index in [4.69, 9.17) is 19.7 Å². The molecule has 3 rings (SSSR count). The van der Waals surface area contributed by atoms with Gasteiger partial charge >= 0.3 is 0 Å². The first-order valence-corrected chi connectivity index (χ1v) is 7.09. The molecule has 6 nitrogen and oxygen atoms in total. The summed E-state index contributed by atoms with van der Waals surface area (Å²) in [5, 5.41) is 4.00. The zero-order chi connectivity index (χ0) is 14.7. The predicted molar refractivity (Wildman–Crippen MR) is 76.0 cm³/mol. The van der Waals surface area contributed by atoms with Gasteiger partial charge in [-0.25, -0.2) is 0 Å². The molecular formula is C15H19N3O3. The molecule has 1 saturated carbocycles. The van der Waals surface area contributed by atoms with E-state index in [0.29, 0.717) is 23.2 Å². The molecule has 0 radical (unpaired) electrons. The van der Waals surface area contributed by atoms with Gasteiger partial charge in [0.1, 0.15) is 0 Å². The first kappa shape index (κ1) is 13.9. The lowest BCUT2D eigenvalue weighted by Gasteiger charge is -2.17. The normalized spacial score (nSPS) is 16.9. The van der Waals surface area contributed by atoms with Crippen molar-refractivity contribution in [3.05, 3.63) is 36.0 Å². The van der Waals surface area contributed by atoms with Crippen LogP contribution < -0.4 is 15.2 Å². The smallest absolute Gasteiger partial charge is 0.264 e. The summed E-state index contributed by atoms with van der Waals surface area (Å²) in [6, 6.07) is 7.43. The van der Waals surface area contributed by atoms with Crippen LogP contribution in [0.25, 0.3) is 0 Å². The Labute approximate surface area is 123 Å². The lowest BCUT2D eigenvalue weighted by molar-refractivity contribution is 0.232. The molecule has 2 aromatic rings. The molecule has 112 valence electrons. The van der Waals surface area contributed by atoms with E-state index in [1.165, 1.54) is 0 Å². The van der Waals surface area contributed by atoms with E-state index < -0.39 is 5.54 Å². The maximum absolute atomic E-state index is 6.30. The van der Waals surface area contributed by atoms with Gasteiger partial charge in [-0.3, -0.25) is 0 Å². The van der Waals surface area contributed by atoms with Gasteiger partial charge in [0.2, 0.25) is 0 Å². The number of hydrogen-bond acceptors (Lipinski definition) is 6. The average Bonchev–Trinajstić information content (AvgIpc) is 3.15. The summed E-state index contributed by atoms with van der Waals surface area (Å²) in [5.74, 6) is 2.32. The Morgan fingerprint density at radius 1 is 1.24 bits per heavy atom. The quantitative estimate of drug-likeness (QED) is 0.910. The lowest BCUT2D eigenvalue weighted by atomic mass is 9.99. The molecule has 21 heavy (non-hydrogen) atoms. The van der Waals surface area contributed by atoms with Gasteiger partial charge in [-0.2, -0.15) is 4.98 Å². The largest absolute Gasteiger partial charge is 0.493 e. The Hall–Kier alpha value is -2.08. The fraction of sp³-hybridized carbons (Fsp3) is 0.467. The SMILES string of the molecule is COc1ccccc1OCc1nc(C2(N)CCCC2)no1. The summed E-state index contributed by atoms with van der Waals surface area (Å²) in [5.41, 5.74) is 5.86. The molecule has 0 unspecified atom stereocenters. The number of methoxy groups -OCH3 is 1. The Bertz CT molecular complexity index is 606. The Balaban J connectivity index is 1.67. The average molecular weight is 289 g/mol. The number of hydrogen-bond donors (Lipinski definition) is 1. The van der Waals surface area contributed by atoms with Crippen molar-refractivity contribution in [1.29, 1.82) is 0 Å². The predicted octanol–water partition coefficient (Wildman–Crippen LogP) is 2.39. The number of rotatable bonds is 5. The number of nitrogens with zero attached hydrogens (tertiary/aromatic N) is 2. The Kier molecular flexibility index (Phi) is 3.79. The molecule has 6 heteroatoms. The number of aromatic nitrogens is 2. The molecule has 1 aromatic carbocycles. The summed E-state index contributed by atoms with van der Waals surface area (Å²) >= 11 is 0. The standard InChI is InChI=1S/C15H19N3O3/c1-19-11-6-2-3-7-12(11)20-10-13-17-14(18-21-13)15(16)8-4-5-9-15/h2-3,6-7H,4-5,8-10,16H2,1H3. The van der Waals surface area contributed by atoms with Crippen LogP contribution >= 0.6 is 0 Å². The molecule has 1 fully saturated rings. The highest BCUT2D eigenvalue weighted by Gasteiger charge is 2.35. The topological polar surface area (TPSA) is 83.4 Å². The van der Waals surface area contributed by atoms with Crippen molar-refractivity contribution in [3.8, 4) is 11.5 Å². The Morgan fingerprint density at radius 2 is 1.95 bits per heavy atom. The van der Waals surface area contributed by atoms with E-state index in [2.05, 4.69) is 10.1 Å². The molecule has 1 heterocycles. The highest BCUT2D eigenvalue weighted by molar-refractivity contribution is 5.39. The fourth-order valence-electron chi connectivity index (χ4n) is 2.62. The first-order valence-electron chi connectivity index (χ1n) is 7.09. The van der Waals surface area contributed by atoms with E-state index in [1.54, 1.807) is 7.11 Å². The van der Waals surface area contributed by atoms with Crippen LogP contribution in [0, 0.1) is 0 Å². The third kappa shape index (κ3) is 2.85. The van der Waals surface area contributed by atoms with Gasteiger partial charge in [0, 0.05) is 0 Å². The van der Waals surface area contributed by atoms with Crippen LogP contribution in [0.4, 0.5) is 0 Å². The van der Waals surface area contributed by atoms with Crippen LogP contribution in [-0.2, 0) is 12.1 Å². The molecule has 1 aliphatic rings. The van der Waals surface area contributed by atoms with Crippen LogP contribution in [0.1, 0.15) is 37.4 Å². The maximum atomic E-state index is 6.30. The van der Waals surface area contributed by atoms with Crippen LogP contribution in [0.15, 0.2) is 28.8 Å². The van der Waals surface area contributed by atoms with Crippen LogP contribution in [0.3, 0.4) is 0 Å². The molecule has 2 N–H and O–H groups in total. The van der Waals surface area contributed by atoms with Gasteiger partial charge in [0.15, 0.2) is 23.9 Å². The van der Waals surface area contributed by atoms with Crippen LogP contribution in [0.5, 0.6) is 11.5 Å². The zero-order valence-corrected chi connectivity index (χ0v) is 12.0. The highest BCUT2D eigenvalue weighted by atomic mass is 16.5. The number of benzene rings is 1. The number of nitrogens with two attached hydrogens (primary N) is 1. The second-order valence-corrected chi connectivity index (χ2v) is 5.31. The first-order chi connectivity index (χ1) is 10.2. The molecule has 0 aliphatic heterocycles. The summed E-state index contributed by atoms with van der Waals surface area (Å²) in [6.07, 6.45) is 4.02. The van der Waals surface area contributed by atoms with E-state index >= 15 is 0 Å². The third-order valence-electron chi connectivity index (χ3n) is 3.83. The molecule has 1 aliphatic carbocycles. The van der Waals surface area contributed by atoms with E-state index in [9.17, 15) is 0 Å². The highest BCUT2D eigenvalue weighted by Crippen LogP contribution is 2.34. The van der Waals surface area contributed by atoms with Gasteiger partial charge in [-0.05, 0) is 25.0 Å². The van der Waals surface area contributed by atoms with Crippen molar-refractivity contribution in [2.75, 3.05) is 7.11 Å². The Morgan fingerprint density at radius 3 is 2.67 bits per heavy atom. The van der Waals surface area contributed by atoms with Crippen molar-refractivity contribution in [1.82, 2.24) is 10.1 Å². The van der Waals surface area contributed by atoms with Gasteiger partial charge in [0.05, 0.1) is 12.6 Å². The summed E-state index contributed by atoms with van der Waals surface area (Å²) in [4.78, 5) is 4.37. The fourth-order valence-corrected chi connectivity index (χ4v) is 2.62. The molecule has 1 aromatic heterocycles. The van der Waals surface area contributed by atoms with Crippen LogP contribution in [0.2, 0.25) is 0 Å². The minimum atomic E-state index is -0.438. The van der Waals surface area contributed by atoms with E-state index in [-0.39, 0.29) is 6.61 Å². The zero-order valence-electron chi connectivity index (χ0n) is 12.0. The monoisotopic (exact) mass is 289 g/mol. The third-order valence-corrected chi connectivity index (χ3v) is 3.83. The molecule has 0 bridgehead atoms. The van der Waals surface area contributed by atoms with Crippen LogP contribution in [-0.4, -0.2) is 17.3 Å². The van der Waals surface area contributed by atoms with Crippen molar-refractivity contribution < 1.29 is 14.0 Å². The molecular weight excluding hydrogens is 270 g/mol. The molecule has 0 spiro atoms. The van der Waals surface area contributed by atoms with E-state index in [1.807, 2.05) is 24.3 Å².